The summed E-state index contributed by atoms with van der Waals surface area (Å²) in [6, 6.07) is 2.62. The first-order valence-corrected chi connectivity index (χ1v) is 5.01. The number of nitrogens with one attached hydrogen (secondary N) is 1. The van der Waals surface area contributed by atoms with Crippen molar-refractivity contribution in [1.82, 2.24) is 15.1 Å². The molecule has 1 fully saturated rings. The molecule has 0 spiro atoms. The van der Waals surface area contributed by atoms with Crippen LogP contribution in [-0.4, -0.2) is 15.8 Å². The lowest BCUT2D eigenvalue weighted by Gasteiger charge is -2.07. The van der Waals surface area contributed by atoms with Crippen LogP contribution < -0.4 is 5.32 Å². The molecule has 1 unspecified atom stereocenters. The van der Waals surface area contributed by atoms with Crippen molar-refractivity contribution in [2.24, 2.45) is 0 Å². The highest BCUT2D eigenvalue weighted by atomic mass is 15.3. The maximum Gasteiger partial charge on any atom is 0.124 e. The highest BCUT2D eigenvalue weighted by Crippen LogP contribution is 2.23. The third-order valence-electron chi connectivity index (χ3n) is 2.42. The molecule has 1 heterocycles. The Bertz CT molecular complexity index is 345. The van der Waals surface area contributed by atoms with Gasteiger partial charge in [0.2, 0.25) is 0 Å². The van der Waals surface area contributed by atoms with Gasteiger partial charge in [-0.05, 0) is 19.8 Å². The van der Waals surface area contributed by atoms with Gasteiger partial charge in [0.05, 0.1) is 12.3 Å². The van der Waals surface area contributed by atoms with E-state index in [2.05, 4.69) is 16.5 Å². The lowest BCUT2D eigenvalue weighted by molar-refractivity contribution is 0.621. The molecule has 0 radical (unpaired) electrons. The number of aryl methyl sites for hydroxylation is 1. The van der Waals surface area contributed by atoms with Gasteiger partial charge in [-0.25, -0.2) is 0 Å². The molecule has 0 aromatic carbocycles. The molecule has 1 aliphatic carbocycles. The van der Waals surface area contributed by atoms with Crippen molar-refractivity contribution >= 4 is 0 Å². The first-order chi connectivity index (χ1) is 6.83. The van der Waals surface area contributed by atoms with Gasteiger partial charge in [0.25, 0.3) is 0 Å². The summed E-state index contributed by atoms with van der Waals surface area (Å²) in [6.45, 7) is 2.88. The van der Waals surface area contributed by atoms with E-state index in [4.69, 9.17) is 5.26 Å². The molecule has 74 valence electrons. The summed E-state index contributed by atoms with van der Waals surface area (Å²) in [5.41, 5.74) is 0.973. The van der Waals surface area contributed by atoms with Crippen LogP contribution in [0.5, 0.6) is 0 Å². The fraction of sp³-hybridized carbons (Fsp3) is 0.600. The van der Waals surface area contributed by atoms with Gasteiger partial charge in [-0.2, -0.15) is 10.4 Å². The molecule has 0 saturated heterocycles. The third kappa shape index (κ3) is 1.94. The van der Waals surface area contributed by atoms with E-state index >= 15 is 0 Å². The number of aromatic nitrogens is 2. The number of nitrogens with zero attached hydrogens (tertiary/aromatic N) is 3. The molecular weight excluding hydrogens is 176 g/mol. The van der Waals surface area contributed by atoms with E-state index in [1.165, 1.54) is 12.8 Å². The van der Waals surface area contributed by atoms with E-state index in [0.29, 0.717) is 6.04 Å². The van der Waals surface area contributed by atoms with Crippen LogP contribution in [0, 0.1) is 11.3 Å². The minimum atomic E-state index is -0.192. The average molecular weight is 190 g/mol. The zero-order valence-electron chi connectivity index (χ0n) is 8.27. The molecule has 1 saturated carbocycles. The van der Waals surface area contributed by atoms with Crippen molar-refractivity contribution < 1.29 is 0 Å². The van der Waals surface area contributed by atoms with E-state index in [1.54, 1.807) is 6.20 Å². The van der Waals surface area contributed by atoms with Gasteiger partial charge in [0, 0.05) is 24.3 Å². The van der Waals surface area contributed by atoms with E-state index in [1.807, 2.05) is 17.8 Å². The van der Waals surface area contributed by atoms with Gasteiger partial charge in [-0.15, -0.1) is 0 Å². The Hall–Kier alpha value is -1.34. The average Bonchev–Trinajstić information content (AvgIpc) is 2.90. The van der Waals surface area contributed by atoms with Crippen LogP contribution in [0.4, 0.5) is 0 Å². The number of hydrogen-bond acceptors (Lipinski definition) is 3. The van der Waals surface area contributed by atoms with E-state index < -0.39 is 0 Å². The van der Waals surface area contributed by atoms with Crippen LogP contribution in [0.1, 0.15) is 31.4 Å². The topological polar surface area (TPSA) is 53.6 Å². The Kier molecular flexibility index (Phi) is 2.51. The van der Waals surface area contributed by atoms with E-state index in [0.717, 1.165) is 12.1 Å². The molecule has 4 heteroatoms. The molecule has 14 heavy (non-hydrogen) atoms. The van der Waals surface area contributed by atoms with Crippen LogP contribution in [0.2, 0.25) is 0 Å². The second kappa shape index (κ2) is 3.81. The summed E-state index contributed by atoms with van der Waals surface area (Å²) in [7, 11) is 0. The Morgan fingerprint density at radius 1 is 1.79 bits per heavy atom. The predicted molar refractivity (Wildman–Crippen MR) is 52.4 cm³/mol. The summed E-state index contributed by atoms with van der Waals surface area (Å²) < 4.78 is 1.84. The van der Waals surface area contributed by atoms with Gasteiger partial charge in [-0.1, -0.05) is 0 Å². The summed E-state index contributed by atoms with van der Waals surface area (Å²) in [6.07, 6.45) is 6.09. The van der Waals surface area contributed by atoms with Crippen molar-refractivity contribution in [2.45, 2.75) is 38.4 Å². The highest BCUT2D eigenvalue weighted by Gasteiger charge is 2.25. The third-order valence-corrected chi connectivity index (χ3v) is 2.42. The maximum absolute atomic E-state index is 8.99. The van der Waals surface area contributed by atoms with Crippen LogP contribution >= 0.6 is 0 Å². The number of nitriles is 1. The van der Waals surface area contributed by atoms with Crippen molar-refractivity contribution in [3.05, 3.63) is 18.0 Å². The molecule has 0 aliphatic heterocycles. The second-order valence-corrected chi connectivity index (χ2v) is 3.63. The van der Waals surface area contributed by atoms with Crippen molar-refractivity contribution in [1.29, 1.82) is 5.26 Å². The van der Waals surface area contributed by atoms with Crippen LogP contribution in [0.25, 0.3) is 0 Å². The van der Waals surface area contributed by atoms with Crippen molar-refractivity contribution in [3.8, 4) is 6.07 Å². The van der Waals surface area contributed by atoms with E-state index in [9.17, 15) is 0 Å². The lowest BCUT2D eigenvalue weighted by Crippen LogP contribution is -2.21. The normalized spacial score (nSPS) is 17.7. The Morgan fingerprint density at radius 2 is 2.57 bits per heavy atom. The fourth-order valence-electron chi connectivity index (χ4n) is 1.40. The standard InChI is InChI=1S/C10H14N4/c1-2-14-7-8(6-12-14)10(5-11)13-9-3-4-9/h6-7,9-10,13H,2-4H2,1H3. The molecule has 1 atom stereocenters. The molecule has 0 bridgehead atoms. The van der Waals surface area contributed by atoms with Crippen LogP contribution in [0.15, 0.2) is 12.4 Å². The first-order valence-electron chi connectivity index (χ1n) is 5.01. The Morgan fingerprint density at radius 3 is 3.07 bits per heavy atom. The smallest absolute Gasteiger partial charge is 0.124 e. The van der Waals surface area contributed by atoms with E-state index in [-0.39, 0.29) is 6.04 Å². The van der Waals surface area contributed by atoms with Gasteiger partial charge >= 0.3 is 0 Å². The Balaban J connectivity index is 2.06. The molecule has 0 amide bonds. The fourth-order valence-corrected chi connectivity index (χ4v) is 1.40. The van der Waals surface area contributed by atoms with Crippen molar-refractivity contribution in [2.75, 3.05) is 0 Å². The van der Waals surface area contributed by atoms with Crippen LogP contribution in [0.3, 0.4) is 0 Å². The largest absolute Gasteiger partial charge is 0.295 e. The summed E-state index contributed by atoms with van der Waals surface area (Å²) >= 11 is 0. The summed E-state index contributed by atoms with van der Waals surface area (Å²) in [5.74, 6) is 0. The molecule has 1 N–H and O–H groups in total. The molecule has 4 nitrogen and oxygen atoms in total. The number of rotatable bonds is 4. The van der Waals surface area contributed by atoms with Crippen LogP contribution in [-0.2, 0) is 6.54 Å². The Labute approximate surface area is 83.5 Å². The molecular formula is C10H14N4. The highest BCUT2D eigenvalue weighted by molar-refractivity contribution is 5.18. The second-order valence-electron chi connectivity index (χ2n) is 3.63. The minimum absolute atomic E-state index is 0.192. The zero-order chi connectivity index (χ0) is 9.97. The van der Waals surface area contributed by atoms with Gasteiger partial charge < -0.3 is 0 Å². The maximum atomic E-state index is 8.99. The predicted octanol–water partition coefficient (Wildman–Crippen LogP) is 1.22. The molecule has 1 aromatic heterocycles. The number of hydrogen-bond donors (Lipinski definition) is 1. The van der Waals surface area contributed by atoms with Gasteiger partial charge in [0.15, 0.2) is 0 Å². The SMILES string of the molecule is CCn1cc(C(C#N)NC2CC2)cn1. The van der Waals surface area contributed by atoms with Gasteiger partial charge in [0.1, 0.15) is 6.04 Å². The lowest BCUT2D eigenvalue weighted by atomic mass is 10.2. The monoisotopic (exact) mass is 190 g/mol. The zero-order valence-corrected chi connectivity index (χ0v) is 8.27. The summed E-state index contributed by atoms with van der Waals surface area (Å²) in [4.78, 5) is 0. The first kappa shape index (κ1) is 9.22. The summed E-state index contributed by atoms with van der Waals surface area (Å²) in [5, 5.41) is 16.4. The molecule has 1 aliphatic rings. The molecule has 1 aromatic rings. The minimum Gasteiger partial charge on any atom is -0.295 e. The molecule has 2 rings (SSSR count). The van der Waals surface area contributed by atoms with Crippen molar-refractivity contribution in [3.63, 3.8) is 0 Å². The quantitative estimate of drug-likeness (QED) is 0.776. The van der Waals surface area contributed by atoms with Gasteiger partial charge in [-0.3, -0.25) is 10.00 Å².